The molecule has 70 heavy (non-hydrogen) atoms. The molecule has 0 bridgehead atoms. The van der Waals surface area contributed by atoms with E-state index in [4.69, 9.17) is 0 Å². The van der Waals surface area contributed by atoms with Crippen molar-refractivity contribution >= 4 is 77.7 Å². The van der Waals surface area contributed by atoms with Crippen LogP contribution in [0.5, 0.6) is 0 Å². The lowest BCUT2D eigenvalue weighted by molar-refractivity contribution is 1.18. The molecule has 2 heterocycles. The minimum absolute atomic E-state index is 1.05. The van der Waals surface area contributed by atoms with Crippen LogP contribution >= 0.6 is 0 Å². The zero-order chi connectivity index (χ0) is 46.4. The first-order valence-corrected chi connectivity index (χ1v) is 23.9. The number of fused-ring (bicyclic) bond motifs is 6. The van der Waals surface area contributed by atoms with Crippen LogP contribution in [0.3, 0.4) is 0 Å². The summed E-state index contributed by atoms with van der Waals surface area (Å²) >= 11 is 0. The Morgan fingerprint density at radius 3 is 0.886 bits per heavy atom. The highest BCUT2D eigenvalue weighted by Gasteiger charge is 2.22. The molecule has 4 nitrogen and oxygen atoms in total. The van der Waals surface area contributed by atoms with Crippen LogP contribution in [0.15, 0.2) is 279 Å². The first-order chi connectivity index (χ1) is 34.7. The number of anilines is 6. The second kappa shape index (κ2) is 17.4. The number of nitrogens with zero attached hydrogens (tertiary/aromatic N) is 4. The molecule has 11 aromatic carbocycles. The molecule has 0 fully saturated rings. The first kappa shape index (κ1) is 40.9. The number of aromatic nitrogens is 2. The topological polar surface area (TPSA) is 16.3 Å². The fourth-order valence-corrected chi connectivity index (χ4v) is 10.5. The second-order valence-corrected chi connectivity index (χ2v) is 17.8. The van der Waals surface area contributed by atoms with Gasteiger partial charge in [-0.15, -0.1) is 0 Å². The van der Waals surface area contributed by atoms with Gasteiger partial charge < -0.3 is 18.9 Å². The molecule has 13 aromatic rings. The van der Waals surface area contributed by atoms with Crippen molar-refractivity contribution in [3.05, 3.63) is 279 Å². The average Bonchev–Trinajstić information content (AvgIpc) is 3.94. The highest BCUT2D eigenvalue weighted by atomic mass is 15.2. The van der Waals surface area contributed by atoms with Crippen molar-refractivity contribution in [1.29, 1.82) is 0 Å². The Labute approximate surface area is 407 Å². The Balaban J connectivity index is 0.990. The quantitative estimate of drug-likeness (QED) is 0.136. The van der Waals surface area contributed by atoms with Crippen LogP contribution in [0.1, 0.15) is 0 Å². The minimum Gasteiger partial charge on any atom is -0.310 e. The van der Waals surface area contributed by atoms with Gasteiger partial charge in [-0.1, -0.05) is 152 Å². The predicted octanol–water partition coefficient (Wildman–Crippen LogP) is 18.2. The zero-order valence-corrected chi connectivity index (χ0v) is 38.3. The Bertz CT molecular complexity index is 3720. The smallest absolute Gasteiger partial charge is 0.0542 e. The third-order valence-corrected chi connectivity index (χ3v) is 13.6. The largest absolute Gasteiger partial charge is 0.310 e. The summed E-state index contributed by atoms with van der Waals surface area (Å²) in [5.74, 6) is 0. The number of hydrogen-bond donors (Lipinski definition) is 0. The van der Waals surface area contributed by atoms with Crippen LogP contribution in [-0.4, -0.2) is 9.13 Å². The Morgan fingerprint density at radius 2 is 0.500 bits per heavy atom. The number of rotatable bonds is 10. The summed E-state index contributed by atoms with van der Waals surface area (Å²) in [6, 6.07) is 101. The van der Waals surface area contributed by atoms with E-state index in [-0.39, 0.29) is 0 Å². The zero-order valence-electron chi connectivity index (χ0n) is 38.3. The van der Waals surface area contributed by atoms with E-state index < -0.39 is 0 Å². The number of para-hydroxylation sites is 4. The second-order valence-electron chi connectivity index (χ2n) is 17.8. The van der Waals surface area contributed by atoms with Gasteiger partial charge in [0.2, 0.25) is 0 Å². The van der Waals surface area contributed by atoms with Gasteiger partial charge in [0.05, 0.1) is 22.1 Å². The van der Waals surface area contributed by atoms with E-state index in [0.29, 0.717) is 0 Å². The molecule has 0 aliphatic heterocycles. The summed E-state index contributed by atoms with van der Waals surface area (Å²) in [5.41, 5.74) is 18.1. The average molecular weight is 895 g/mol. The van der Waals surface area contributed by atoms with Crippen molar-refractivity contribution in [3.8, 4) is 33.6 Å². The number of hydrogen-bond acceptors (Lipinski definition) is 2. The third-order valence-electron chi connectivity index (χ3n) is 13.6. The van der Waals surface area contributed by atoms with E-state index in [2.05, 4.69) is 298 Å². The van der Waals surface area contributed by atoms with Crippen molar-refractivity contribution in [2.24, 2.45) is 0 Å². The summed E-state index contributed by atoms with van der Waals surface area (Å²) in [4.78, 5) is 4.78. The summed E-state index contributed by atoms with van der Waals surface area (Å²) in [6.45, 7) is 0. The fourth-order valence-electron chi connectivity index (χ4n) is 10.5. The molecular weight excluding hydrogens is 849 g/mol. The standard InChI is InChI=1S/C66H46N4/c1-7-20-47(21-8-1)49-34-38-63-59(42-49)61-45-57(36-40-65(61)69(63)53-28-15-5-16-29-53)67(51-24-11-3-12-25-51)55-32-19-33-56(44-55)68(52-26-13-4-14-27-52)58-37-41-66-62(46-58)60-43-50(48-22-9-2-10-23-48)35-39-64(60)70(66)54-30-17-6-18-31-54/h1-46H. The highest BCUT2D eigenvalue weighted by molar-refractivity contribution is 6.13. The maximum atomic E-state index is 2.39. The van der Waals surface area contributed by atoms with Crippen molar-refractivity contribution in [3.63, 3.8) is 0 Å². The summed E-state index contributed by atoms with van der Waals surface area (Å²) in [6.07, 6.45) is 0. The van der Waals surface area contributed by atoms with Crippen molar-refractivity contribution in [2.75, 3.05) is 9.80 Å². The molecular formula is C66H46N4. The van der Waals surface area contributed by atoms with Crippen LogP contribution in [0.2, 0.25) is 0 Å². The van der Waals surface area contributed by atoms with Gasteiger partial charge in [0.15, 0.2) is 0 Å². The molecule has 0 spiro atoms. The molecule has 0 N–H and O–H groups in total. The highest BCUT2D eigenvalue weighted by Crippen LogP contribution is 2.45. The molecule has 2 aromatic heterocycles. The van der Waals surface area contributed by atoms with Gasteiger partial charge >= 0.3 is 0 Å². The number of benzene rings is 11. The van der Waals surface area contributed by atoms with Gasteiger partial charge in [-0.3, -0.25) is 0 Å². The van der Waals surface area contributed by atoms with E-state index in [0.717, 1.165) is 56.5 Å². The van der Waals surface area contributed by atoms with Crippen LogP contribution in [0, 0.1) is 0 Å². The van der Waals surface area contributed by atoms with Crippen molar-refractivity contribution < 1.29 is 0 Å². The lowest BCUT2D eigenvalue weighted by atomic mass is 10.0. The molecule has 13 rings (SSSR count). The fraction of sp³-hybridized carbons (Fsp3) is 0. The maximum absolute atomic E-state index is 2.39. The van der Waals surface area contributed by atoms with E-state index in [1.165, 1.54) is 54.8 Å². The minimum atomic E-state index is 1.05. The summed E-state index contributed by atoms with van der Waals surface area (Å²) < 4.78 is 4.79. The van der Waals surface area contributed by atoms with E-state index in [1.807, 2.05) is 0 Å². The van der Waals surface area contributed by atoms with Crippen molar-refractivity contribution in [2.45, 2.75) is 0 Å². The molecule has 4 heteroatoms. The van der Waals surface area contributed by atoms with Crippen LogP contribution < -0.4 is 9.80 Å². The van der Waals surface area contributed by atoms with Crippen LogP contribution in [0.25, 0.3) is 77.2 Å². The van der Waals surface area contributed by atoms with Gasteiger partial charge in [-0.25, -0.2) is 0 Å². The van der Waals surface area contributed by atoms with Gasteiger partial charge in [0, 0.05) is 67.0 Å². The lowest BCUT2D eigenvalue weighted by Gasteiger charge is -2.29. The molecule has 0 aliphatic carbocycles. The molecule has 0 saturated carbocycles. The van der Waals surface area contributed by atoms with E-state index in [1.54, 1.807) is 0 Å². The molecule has 0 amide bonds. The van der Waals surface area contributed by atoms with Gasteiger partial charge in [-0.2, -0.15) is 0 Å². The van der Waals surface area contributed by atoms with Crippen molar-refractivity contribution in [1.82, 2.24) is 9.13 Å². The third kappa shape index (κ3) is 7.18. The predicted molar refractivity (Wildman–Crippen MR) is 295 cm³/mol. The molecule has 0 unspecified atom stereocenters. The first-order valence-electron chi connectivity index (χ1n) is 23.9. The van der Waals surface area contributed by atoms with Crippen LogP contribution in [0.4, 0.5) is 34.1 Å². The Morgan fingerprint density at radius 1 is 0.200 bits per heavy atom. The van der Waals surface area contributed by atoms with Crippen LogP contribution in [-0.2, 0) is 0 Å². The maximum Gasteiger partial charge on any atom is 0.0542 e. The Hall–Kier alpha value is -9.38. The molecule has 0 atom stereocenters. The van der Waals surface area contributed by atoms with E-state index >= 15 is 0 Å². The molecule has 0 aliphatic rings. The summed E-state index contributed by atoms with van der Waals surface area (Å²) in [7, 11) is 0. The van der Waals surface area contributed by atoms with E-state index in [9.17, 15) is 0 Å². The molecule has 0 saturated heterocycles. The molecule has 0 radical (unpaired) electrons. The van der Waals surface area contributed by atoms with Gasteiger partial charge in [-0.05, 0) is 150 Å². The SMILES string of the molecule is c1ccc(-c2ccc3c(c2)c2cc(N(c4ccccc4)c4cccc(N(c5ccccc5)c5ccc6c(c5)c5cc(-c7ccccc7)ccc5n6-c5ccccc5)c4)ccc2n3-c2ccccc2)cc1. The summed E-state index contributed by atoms with van der Waals surface area (Å²) in [5, 5.41) is 4.80. The van der Waals surface area contributed by atoms with Gasteiger partial charge in [0.25, 0.3) is 0 Å². The van der Waals surface area contributed by atoms with Gasteiger partial charge in [0.1, 0.15) is 0 Å². The lowest BCUT2D eigenvalue weighted by Crippen LogP contribution is -2.13. The molecule has 330 valence electrons. The normalized spacial score (nSPS) is 11.4. The monoisotopic (exact) mass is 894 g/mol. The Kier molecular flexibility index (Phi) is 10.1.